The molecule has 5 aromatic rings. The van der Waals surface area contributed by atoms with E-state index < -0.39 is 0 Å². The summed E-state index contributed by atoms with van der Waals surface area (Å²) in [4.78, 5) is 33.4. The van der Waals surface area contributed by atoms with Crippen molar-refractivity contribution in [1.29, 1.82) is 0 Å². The Bertz CT molecular complexity index is 1720. The number of aryl methyl sites for hydroxylation is 3. The first kappa shape index (κ1) is 23.7. The van der Waals surface area contributed by atoms with E-state index in [1.807, 2.05) is 44.2 Å². The van der Waals surface area contributed by atoms with Crippen molar-refractivity contribution in [3.05, 3.63) is 86.0 Å². The number of amides is 1. The van der Waals surface area contributed by atoms with Gasteiger partial charge in [-0.15, -0.1) is 0 Å². The Balaban J connectivity index is 1.30. The second-order valence-electron chi connectivity index (χ2n) is 9.46. The van der Waals surface area contributed by atoms with Crippen LogP contribution in [0.3, 0.4) is 0 Å². The van der Waals surface area contributed by atoms with Crippen LogP contribution < -0.4 is 10.3 Å². The molecule has 0 saturated heterocycles. The average Bonchev–Trinajstić information content (AvgIpc) is 3.62. The first-order valence-electron chi connectivity index (χ1n) is 12.3. The predicted octanol–water partition coefficient (Wildman–Crippen LogP) is 3.39. The molecule has 4 aromatic heterocycles. The number of methoxy groups -OCH3 is 1. The van der Waals surface area contributed by atoms with Crippen molar-refractivity contribution in [3.8, 4) is 17.0 Å². The molecular weight excluding hydrogens is 488 g/mol. The Kier molecular flexibility index (Phi) is 5.63. The van der Waals surface area contributed by atoms with Gasteiger partial charge in [0.2, 0.25) is 0 Å². The summed E-state index contributed by atoms with van der Waals surface area (Å²) in [6, 6.07) is 9.39. The molecule has 0 spiro atoms. The molecule has 1 aliphatic heterocycles. The number of nitrogens with one attached hydrogen (secondary N) is 1. The molecule has 1 aliphatic rings. The van der Waals surface area contributed by atoms with Gasteiger partial charge in [0.15, 0.2) is 11.3 Å². The van der Waals surface area contributed by atoms with E-state index in [1.54, 1.807) is 18.9 Å². The van der Waals surface area contributed by atoms with Gasteiger partial charge in [-0.05, 0) is 50.6 Å². The fourth-order valence-corrected chi connectivity index (χ4v) is 4.92. The van der Waals surface area contributed by atoms with Crippen molar-refractivity contribution in [1.82, 2.24) is 29.8 Å². The molecule has 1 N–H and O–H groups in total. The third-order valence-corrected chi connectivity index (χ3v) is 7.17. The number of H-pyrrole nitrogens is 1. The molecular formula is C27H26N6O5. The molecule has 6 rings (SSSR count). The van der Waals surface area contributed by atoms with Crippen molar-refractivity contribution in [2.45, 2.75) is 40.2 Å². The highest BCUT2D eigenvalue weighted by molar-refractivity contribution is 5.94. The number of carbonyl (C=O) groups excluding carboxylic acids is 1. The molecule has 11 heteroatoms. The zero-order valence-electron chi connectivity index (χ0n) is 21.5. The summed E-state index contributed by atoms with van der Waals surface area (Å²) in [6.07, 6.45) is 0.884. The topological polar surface area (TPSA) is 132 Å². The van der Waals surface area contributed by atoms with Gasteiger partial charge in [0.05, 0.1) is 36.3 Å². The van der Waals surface area contributed by atoms with E-state index in [0.717, 1.165) is 28.3 Å². The second-order valence-corrected chi connectivity index (χ2v) is 9.46. The number of hydrogen-bond acceptors (Lipinski definition) is 8. The molecule has 194 valence electrons. The first-order chi connectivity index (χ1) is 18.3. The molecule has 0 aliphatic carbocycles. The minimum atomic E-state index is -0.288. The quantitative estimate of drug-likeness (QED) is 0.378. The second kappa shape index (κ2) is 9.02. The molecule has 0 bridgehead atoms. The average molecular weight is 515 g/mol. The van der Waals surface area contributed by atoms with Gasteiger partial charge in [0.25, 0.3) is 11.5 Å². The molecule has 1 aromatic carbocycles. The fraction of sp³-hybridized carbons (Fsp3) is 0.296. The van der Waals surface area contributed by atoms with Gasteiger partial charge in [-0.2, -0.15) is 0 Å². The third-order valence-electron chi connectivity index (χ3n) is 7.17. The SMILES string of the molecule is COc1ccc(-c2cc3nc4c(c(=O)n3[nH]2)CN(C(=O)c2noc(C)c2Cc2c(C)noc2C)CC4)cc1. The Morgan fingerprint density at radius 3 is 2.53 bits per heavy atom. The number of ether oxygens (including phenoxy) is 1. The van der Waals surface area contributed by atoms with Crippen LogP contribution in [-0.2, 0) is 19.4 Å². The van der Waals surface area contributed by atoms with Crippen LogP contribution in [0.4, 0.5) is 0 Å². The molecule has 0 unspecified atom stereocenters. The van der Waals surface area contributed by atoms with Crippen LogP contribution in [0.2, 0.25) is 0 Å². The van der Waals surface area contributed by atoms with Gasteiger partial charge in [-0.3, -0.25) is 14.7 Å². The molecule has 0 fully saturated rings. The van der Waals surface area contributed by atoms with Gasteiger partial charge in [0, 0.05) is 36.6 Å². The molecule has 11 nitrogen and oxygen atoms in total. The van der Waals surface area contributed by atoms with E-state index >= 15 is 0 Å². The molecule has 0 saturated carbocycles. The van der Waals surface area contributed by atoms with Gasteiger partial charge in [0.1, 0.15) is 17.3 Å². The molecule has 38 heavy (non-hydrogen) atoms. The molecule has 1 amide bonds. The summed E-state index contributed by atoms with van der Waals surface area (Å²) in [7, 11) is 1.61. The van der Waals surface area contributed by atoms with Gasteiger partial charge >= 0.3 is 0 Å². The predicted molar refractivity (Wildman–Crippen MR) is 136 cm³/mol. The third kappa shape index (κ3) is 3.87. The maximum atomic E-state index is 13.6. The van der Waals surface area contributed by atoms with E-state index in [4.69, 9.17) is 18.8 Å². The standard InChI is InChI=1S/C27H26N6O5/c1-14-19(15(2)37-30-14)11-20-16(3)38-31-25(20)27(35)32-10-9-22-21(13-32)26(34)33-24(28-22)12-23(29-33)17-5-7-18(36-4)8-6-17/h5-8,12,29H,9-11,13H2,1-4H3. The highest BCUT2D eigenvalue weighted by Crippen LogP contribution is 2.26. The van der Waals surface area contributed by atoms with Crippen molar-refractivity contribution in [3.63, 3.8) is 0 Å². The summed E-state index contributed by atoms with van der Waals surface area (Å²) in [5.41, 5.74) is 5.74. The number of nitrogens with zero attached hydrogens (tertiary/aromatic N) is 5. The smallest absolute Gasteiger partial charge is 0.277 e. The van der Waals surface area contributed by atoms with Gasteiger partial charge < -0.3 is 18.7 Å². The minimum Gasteiger partial charge on any atom is -0.497 e. The maximum Gasteiger partial charge on any atom is 0.277 e. The van der Waals surface area contributed by atoms with Gasteiger partial charge in [-0.1, -0.05) is 10.3 Å². The normalized spacial score (nSPS) is 13.2. The lowest BCUT2D eigenvalue weighted by atomic mass is 10.0. The van der Waals surface area contributed by atoms with E-state index in [2.05, 4.69) is 15.4 Å². The van der Waals surface area contributed by atoms with Crippen LogP contribution in [0.1, 0.15) is 50.1 Å². The van der Waals surface area contributed by atoms with Crippen LogP contribution in [0.25, 0.3) is 16.9 Å². The van der Waals surface area contributed by atoms with Crippen molar-refractivity contribution >= 4 is 11.6 Å². The van der Waals surface area contributed by atoms with E-state index in [1.165, 1.54) is 4.52 Å². The highest BCUT2D eigenvalue weighted by Gasteiger charge is 2.31. The Morgan fingerprint density at radius 1 is 1.08 bits per heavy atom. The van der Waals surface area contributed by atoms with Crippen molar-refractivity contribution < 1.29 is 18.6 Å². The summed E-state index contributed by atoms with van der Waals surface area (Å²) in [6.45, 7) is 6.03. The number of fused-ring (bicyclic) bond motifs is 2. The Labute approximate surface area is 217 Å². The van der Waals surface area contributed by atoms with E-state index in [9.17, 15) is 9.59 Å². The van der Waals surface area contributed by atoms with E-state index in [-0.39, 0.29) is 23.7 Å². The van der Waals surface area contributed by atoms with Crippen molar-refractivity contribution in [2.75, 3.05) is 13.7 Å². The number of aromatic amines is 1. The maximum absolute atomic E-state index is 13.6. The largest absolute Gasteiger partial charge is 0.497 e. The van der Waals surface area contributed by atoms with Crippen LogP contribution >= 0.6 is 0 Å². The number of rotatable bonds is 5. The zero-order valence-corrected chi connectivity index (χ0v) is 21.5. The lowest BCUT2D eigenvalue weighted by Crippen LogP contribution is -2.40. The monoisotopic (exact) mass is 514 g/mol. The summed E-state index contributed by atoms with van der Waals surface area (Å²) in [5.74, 6) is 1.71. The van der Waals surface area contributed by atoms with Crippen LogP contribution in [0.5, 0.6) is 5.75 Å². The first-order valence-corrected chi connectivity index (χ1v) is 12.3. The van der Waals surface area contributed by atoms with Gasteiger partial charge in [-0.25, -0.2) is 9.50 Å². The minimum absolute atomic E-state index is 0.135. The lowest BCUT2D eigenvalue weighted by Gasteiger charge is -2.27. The fourth-order valence-electron chi connectivity index (χ4n) is 4.92. The lowest BCUT2D eigenvalue weighted by molar-refractivity contribution is 0.0721. The summed E-state index contributed by atoms with van der Waals surface area (Å²) < 4.78 is 17.3. The zero-order chi connectivity index (χ0) is 26.6. The van der Waals surface area contributed by atoms with E-state index in [0.29, 0.717) is 53.4 Å². The summed E-state index contributed by atoms with van der Waals surface area (Å²) >= 11 is 0. The summed E-state index contributed by atoms with van der Waals surface area (Å²) in [5, 5.41) is 11.2. The highest BCUT2D eigenvalue weighted by atomic mass is 16.5. The van der Waals surface area contributed by atoms with Crippen LogP contribution in [0, 0.1) is 20.8 Å². The van der Waals surface area contributed by atoms with Crippen LogP contribution in [-0.4, -0.2) is 49.4 Å². The van der Waals surface area contributed by atoms with Crippen molar-refractivity contribution in [2.24, 2.45) is 0 Å². The Hall–Kier alpha value is -4.67. The molecule has 5 heterocycles. The molecule has 0 radical (unpaired) electrons. The number of aromatic nitrogens is 5. The number of benzene rings is 1. The Morgan fingerprint density at radius 2 is 1.82 bits per heavy atom. The number of carbonyl (C=O) groups is 1. The molecule has 0 atom stereocenters. The number of hydrogen-bond donors (Lipinski definition) is 1. The van der Waals surface area contributed by atoms with Crippen LogP contribution in [0.15, 0.2) is 44.2 Å².